The standard InChI is InChI=1S/C13H19FO2/c1-9-4-5-12(14)11(6-9)13(15)7-10(2)8-16-3/h4-6,10,13,15H,7-8H2,1-3H3. The third-order valence-electron chi connectivity index (χ3n) is 2.59. The lowest BCUT2D eigenvalue weighted by Gasteiger charge is -2.17. The first-order valence-electron chi connectivity index (χ1n) is 5.47. The van der Waals surface area contributed by atoms with Crippen molar-refractivity contribution in [3.05, 3.63) is 35.1 Å². The van der Waals surface area contributed by atoms with Crippen molar-refractivity contribution in [2.75, 3.05) is 13.7 Å². The molecule has 1 aromatic rings. The normalized spacial score (nSPS) is 14.8. The molecular formula is C13H19FO2. The topological polar surface area (TPSA) is 29.5 Å². The zero-order valence-corrected chi connectivity index (χ0v) is 10.0. The lowest BCUT2D eigenvalue weighted by molar-refractivity contribution is 0.0997. The number of methoxy groups -OCH3 is 1. The van der Waals surface area contributed by atoms with Gasteiger partial charge in [-0.05, 0) is 25.3 Å². The fraction of sp³-hybridized carbons (Fsp3) is 0.538. The van der Waals surface area contributed by atoms with Crippen molar-refractivity contribution in [2.24, 2.45) is 5.92 Å². The van der Waals surface area contributed by atoms with Crippen molar-refractivity contribution in [1.82, 2.24) is 0 Å². The summed E-state index contributed by atoms with van der Waals surface area (Å²) >= 11 is 0. The van der Waals surface area contributed by atoms with Crippen molar-refractivity contribution < 1.29 is 14.2 Å². The molecule has 3 heteroatoms. The average molecular weight is 226 g/mol. The number of hydrogen-bond donors (Lipinski definition) is 1. The van der Waals surface area contributed by atoms with Crippen molar-refractivity contribution in [2.45, 2.75) is 26.4 Å². The lowest BCUT2D eigenvalue weighted by Crippen LogP contribution is -2.10. The summed E-state index contributed by atoms with van der Waals surface area (Å²) in [5.74, 6) is -0.136. The van der Waals surface area contributed by atoms with Gasteiger partial charge in [0.15, 0.2) is 0 Å². The number of ether oxygens (including phenoxy) is 1. The van der Waals surface area contributed by atoms with Crippen LogP contribution in [-0.4, -0.2) is 18.8 Å². The highest BCUT2D eigenvalue weighted by Gasteiger charge is 2.16. The summed E-state index contributed by atoms with van der Waals surface area (Å²) in [4.78, 5) is 0. The van der Waals surface area contributed by atoms with Gasteiger partial charge in [0.2, 0.25) is 0 Å². The highest BCUT2D eigenvalue weighted by molar-refractivity contribution is 5.25. The molecule has 0 amide bonds. The van der Waals surface area contributed by atoms with E-state index in [1.54, 1.807) is 19.2 Å². The van der Waals surface area contributed by atoms with E-state index >= 15 is 0 Å². The van der Waals surface area contributed by atoms with Gasteiger partial charge in [-0.25, -0.2) is 4.39 Å². The fourth-order valence-corrected chi connectivity index (χ4v) is 1.78. The van der Waals surface area contributed by atoms with Gasteiger partial charge >= 0.3 is 0 Å². The van der Waals surface area contributed by atoms with E-state index in [0.717, 1.165) is 5.56 Å². The number of aryl methyl sites for hydroxylation is 1. The van der Waals surface area contributed by atoms with Gasteiger partial charge < -0.3 is 9.84 Å². The molecule has 0 aliphatic carbocycles. The Morgan fingerprint density at radius 1 is 1.44 bits per heavy atom. The maximum absolute atomic E-state index is 13.5. The van der Waals surface area contributed by atoms with Crippen LogP contribution in [0.15, 0.2) is 18.2 Å². The summed E-state index contributed by atoms with van der Waals surface area (Å²) in [6, 6.07) is 4.79. The molecule has 1 aromatic carbocycles. The average Bonchev–Trinajstić information content (AvgIpc) is 2.21. The number of hydrogen-bond acceptors (Lipinski definition) is 2. The van der Waals surface area contributed by atoms with E-state index in [-0.39, 0.29) is 11.7 Å². The zero-order valence-electron chi connectivity index (χ0n) is 10.0. The van der Waals surface area contributed by atoms with Gasteiger partial charge in [0.05, 0.1) is 6.10 Å². The van der Waals surface area contributed by atoms with Gasteiger partial charge in [-0.3, -0.25) is 0 Å². The first-order valence-corrected chi connectivity index (χ1v) is 5.47. The first-order chi connectivity index (χ1) is 7.54. The fourth-order valence-electron chi connectivity index (χ4n) is 1.78. The molecule has 0 fully saturated rings. The highest BCUT2D eigenvalue weighted by Crippen LogP contribution is 2.24. The third kappa shape index (κ3) is 3.58. The van der Waals surface area contributed by atoms with E-state index in [0.29, 0.717) is 18.6 Å². The predicted octanol–water partition coefficient (Wildman–Crippen LogP) is 2.84. The third-order valence-corrected chi connectivity index (χ3v) is 2.59. The summed E-state index contributed by atoms with van der Waals surface area (Å²) in [6.45, 7) is 4.43. The number of aliphatic hydroxyl groups excluding tert-OH is 1. The molecule has 1 rings (SSSR count). The van der Waals surface area contributed by atoms with Crippen LogP contribution in [0.3, 0.4) is 0 Å². The molecular weight excluding hydrogens is 207 g/mol. The van der Waals surface area contributed by atoms with Crippen molar-refractivity contribution in [3.8, 4) is 0 Å². The Balaban J connectivity index is 2.72. The monoisotopic (exact) mass is 226 g/mol. The Labute approximate surface area is 96.1 Å². The Bertz CT molecular complexity index is 339. The van der Waals surface area contributed by atoms with Crippen LogP contribution in [-0.2, 0) is 4.74 Å². The van der Waals surface area contributed by atoms with Crippen molar-refractivity contribution >= 4 is 0 Å². The van der Waals surface area contributed by atoms with Crippen LogP contribution in [0.4, 0.5) is 4.39 Å². The molecule has 0 spiro atoms. The van der Waals surface area contributed by atoms with E-state index in [2.05, 4.69) is 0 Å². The van der Waals surface area contributed by atoms with Crippen molar-refractivity contribution in [1.29, 1.82) is 0 Å². The molecule has 90 valence electrons. The summed E-state index contributed by atoms with van der Waals surface area (Å²) in [5, 5.41) is 9.93. The Hall–Kier alpha value is -0.930. The smallest absolute Gasteiger partial charge is 0.129 e. The Kier molecular flexibility index (Phi) is 4.90. The van der Waals surface area contributed by atoms with Gasteiger partial charge in [0.25, 0.3) is 0 Å². The number of halogens is 1. The molecule has 0 aliphatic rings. The second-order valence-corrected chi connectivity index (χ2v) is 4.34. The zero-order chi connectivity index (χ0) is 12.1. The molecule has 2 unspecified atom stereocenters. The number of rotatable bonds is 5. The molecule has 1 N–H and O–H groups in total. The highest BCUT2D eigenvalue weighted by atomic mass is 19.1. The Morgan fingerprint density at radius 2 is 2.12 bits per heavy atom. The van der Waals surface area contributed by atoms with Gasteiger partial charge in [-0.15, -0.1) is 0 Å². The molecule has 0 radical (unpaired) electrons. The molecule has 0 saturated heterocycles. The van der Waals surface area contributed by atoms with Gasteiger partial charge in [-0.1, -0.05) is 24.6 Å². The van der Waals surface area contributed by atoms with Crippen LogP contribution in [0.25, 0.3) is 0 Å². The summed E-state index contributed by atoms with van der Waals surface area (Å²) in [6.07, 6.45) is -0.251. The maximum atomic E-state index is 13.5. The molecule has 0 aromatic heterocycles. The minimum atomic E-state index is -0.759. The van der Waals surface area contributed by atoms with E-state index in [1.807, 2.05) is 13.8 Å². The summed E-state index contributed by atoms with van der Waals surface area (Å²) in [7, 11) is 1.62. The van der Waals surface area contributed by atoms with Gasteiger partial charge in [-0.2, -0.15) is 0 Å². The minimum Gasteiger partial charge on any atom is -0.388 e. The summed E-state index contributed by atoms with van der Waals surface area (Å²) < 4.78 is 18.5. The van der Waals surface area contributed by atoms with E-state index < -0.39 is 6.10 Å². The second-order valence-electron chi connectivity index (χ2n) is 4.34. The van der Waals surface area contributed by atoms with Crippen LogP contribution in [0.5, 0.6) is 0 Å². The Morgan fingerprint density at radius 3 is 2.75 bits per heavy atom. The molecule has 2 nitrogen and oxygen atoms in total. The predicted molar refractivity (Wildman–Crippen MR) is 61.8 cm³/mol. The van der Waals surface area contributed by atoms with E-state index in [1.165, 1.54) is 6.07 Å². The quantitative estimate of drug-likeness (QED) is 0.836. The van der Waals surface area contributed by atoms with Crippen LogP contribution in [0.2, 0.25) is 0 Å². The molecule has 0 heterocycles. The number of aliphatic hydroxyl groups is 1. The van der Waals surface area contributed by atoms with Crippen LogP contribution in [0, 0.1) is 18.7 Å². The van der Waals surface area contributed by atoms with Crippen LogP contribution >= 0.6 is 0 Å². The SMILES string of the molecule is COCC(C)CC(O)c1cc(C)ccc1F. The van der Waals surface area contributed by atoms with E-state index in [9.17, 15) is 9.50 Å². The molecule has 0 bridgehead atoms. The van der Waals surface area contributed by atoms with Gasteiger partial charge in [0, 0.05) is 19.3 Å². The number of benzene rings is 1. The van der Waals surface area contributed by atoms with Crippen molar-refractivity contribution in [3.63, 3.8) is 0 Å². The lowest BCUT2D eigenvalue weighted by atomic mass is 9.97. The summed E-state index contributed by atoms with van der Waals surface area (Å²) in [5.41, 5.74) is 1.33. The largest absolute Gasteiger partial charge is 0.388 e. The van der Waals surface area contributed by atoms with E-state index in [4.69, 9.17) is 4.74 Å². The molecule has 2 atom stereocenters. The first kappa shape index (κ1) is 13.1. The minimum absolute atomic E-state index is 0.208. The maximum Gasteiger partial charge on any atom is 0.129 e. The van der Waals surface area contributed by atoms with Crippen LogP contribution < -0.4 is 0 Å². The molecule has 16 heavy (non-hydrogen) atoms. The molecule has 0 saturated carbocycles. The van der Waals surface area contributed by atoms with Crippen LogP contribution in [0.1, 0.15) is 30.6 Å². The van der Waals surface area contributed by atoms with Gasteiger partial charge in [0.1, 0.15) is 5.82 Å². The molecule has 0 aliphatic heterocycles. The second kappa shape index (κ2) is 5.97.